The predicted octanol–water partition coefficient (Wildman–Crippen LogP) is 3.24. The number of halogens is 4. The van der Waals surface area contributed by atoms with E-state index in [1.807, 2.05) is 0 Å². The summed E-state index contributed by atoms with van der Waals surface area (Å²) < 4.78 is 54.0. The van der Waals surface area contributed by atoms with Gasteiger partial charge in [-0.15, -0.1) is 0 Å². The van der Waals surface area contributed by atoms with E-state index >= 15 is 0 Å². The molecule has 0 amide bonds. The van der Waals surface area contributed by atoms with E-state index in [1.54, 1.807) is 19.2 Å². The summed E-state index contributed by atoms with van der Waals surface area (Å²) in [6.07, 6.45) is -2.27. The monoisotopic (exact) mass is 272 g/mol. The summed E-state index contributed by atoms with van der Waals surface area (Å²) in [6.45, 7) is 0. The van der Waals surface area contributed by atoms with Crippen molar-refractivity contribution >= 4 is 11.3 Å². The fraction of sp³-hybridized carbons (Fsp3) is 0.231. The van der Waals surface area contributed by atoms with E-state index in [9.17, 15) is 17.6 Å². The van der Waals surface area contributed by atoms with Crippen molar-refractivity contribution in [3.63, 3.8) is 0 Å². The maximum absolute atomic E-state index is 13.7. The minimum absolute atomic E-state index is 0.241. The van der Waals surface area contributed by atoms with E-state index in [1.165, 1.54) is 12.1 Å². The maximum Gasteiger partial charge on any atom is 0.248 e. The molecule has 1 aliphatic rings. The fourth-order valence-corrected chi connectivity index (χ4v) is 1.79. The fourth-order valence-electron chi connectivity index (χ4n) is 1.79. The van der Waals surface area contributed by atoms with Crippen LogP contribution in [0.15, 0.2) is 42.0 Å². The normalized spacial score (nSPS) is 27.3. The molecule has 0 aliphatic heterocycles. The zero-order chi connectivity index (χ0) is 14.2. The summed E-state index contributed by atoms with van der Waals surface area (Å²) in [6, 6.07) is 6.15. The predicted molar refractivity (Wildman–Crippen MR) is 66.1 cm³/mol. The van der Waals surface area contributed by atoms with Crippen LogP contribution < -0.4 is 11.1 Å². The molecule has 2 nitrogen and oxygen atoms in total. The van der Waals surface area contributed by atoms with Crippen molar-refractivity contribution in [2.75, 3.05) is 12.4 Å². The second kappa shape index (κ2) is 4.70. The Morgan fingerprint density at radius 1 is 1.21 bits per heavy atom. The number of anilines is 1. The quantitative estimate of drug-likeness (QED) is 0.640. The van der Waals surface area contributed by atoms with Crippen molar-refractivity contribution in [1.29, 1.82) is 0 Å². The Bertz CT molecular complexity index is 546. The summed E-state index contributed by atoms with van der Waals surface area (Å²) in [5.41, 5.74) is 5.42. The van der Waals surface area contributed by atoms with Crippen molar-refractivity contribution in [2.24, 2.45) is 5.73 Å². The van der Waals surface area contributed by atoms with Crippen LogP contribution in [-0.2, 0) is 0 Å². The lowest BCUT2D eigenvalue weighted by Crippen LogP contribution is -2.47. The summed E-state index contributed by atoms with van der Waals surface area (Å²) in [5.74, 6) is -6.39. The van der Waals surface area contributed by atoms with Crippen molar-refractivity contribution in [1.82, 2.24) is 0 Å². The van der Waals surface area contributed by atoms with Gasteiger partial charge in [-0.25, -0.2) is 17.6 Å². The van der Waals surface area contributed by atoms with Gasteiger partial charge >= 0.3 is 0 Å². The van der Waals surface area contributed by atoms with Gasteiger partial charge in [0.1, 0.15) is 5.83 Å². The second-order valence-electron chi connectivity index (χ2n) is 4.21. The van der Waals surface area contributed by atoms with Gasteiger partial charge in [-0.2, -0.15) is 0 Å². The lowest BCUT2D eigenvalue weighted by molar-refractivity contribution is 0.0740. The van der Waals surface area contributed by atoms with Crippen LogP contribution in [0, 0.1) is 0 Å². The Hall–Kier alpha value is -1.82. The first-order chi connectivity index (χ1) is 8.87. The molecule has 0 heterocycles. The molecule has 2 rings (SSSR count). The first-order valence-corrected chi connectivity index (χ1v) is 5.55. The minimum atomic E-state index is -3.45. The first-order valence-electron chi connectivity index (χ1n) is 5.55. The highest BCUT2D eigenvalue weighted by Gasteiger charge is 2.47. The first kappa shape index (κ1) is 13.6. The van der Waals surface area contributed by atoms with Crippen LogP contribution in [0.4, 0.5) is 23.2 Å². The summed E-state index contributed by atoms with van der Waals surface area (Å²) in [5, 5.41) is 2.85. The third-order valence-electron chi connectivity index (χ3n) is 2.97. The lowest BCUT2D eigenvalue weighted by Gasteiger charge is -2.26. The van der Waals surface area contributed by atoms with E-state index in [-0.39, 0.29) is 11.1 Å². The third-order valence-corrected chi connectivity index (χ3v) is 2.97. The highest BCUT2D eigenvalue weighted by Crippen LogP contribution is 2.39. The summed E-state index contributed by atoms with van der Waals surface area (Å²) >= 11 is 0. The Kier molecular flexibility index (Phi) is 3.36. The van der Waals surface area contributed by atoms with Crippen LogP contribution in [0.1, 0.15) is 5.56 Å². The van der Waals surface area contributed by atoms with E-state index in [4.69, 9.17) is 5.73 Å². The average molecular weight is 272 g/mol. The zero-order valence-corrected chi connectivity index (χ0v) is 10.1. The molecule has 3 N–H and O–H groups in total. The van der Waals surface area contributed by atoms with Crippen molar-refractivity contribution in [2.45, 2.75) is 12.0 Å². The van der Waals surface area contributed by atoms with Crippen LogP contribution in [0.3, 0.4) is 0 Å². The average Bonchev–Trinajstić information content (AvgIpc) is 2.41. The molecule has 1 aromatic carbocycles. The van der Waals surface area contributed by atoms with E-state index in [0.29, 0.717) is 6.08 Å². The molecule has 0 bridgehead atoms. The molecule has 0 fully saturated rings. The van der Waals surface area contributed by atoms with E-state index in [0.717, 1.165) is 5.69 Å². The van der Waals surface area contributed by atoms with Gasteiger partial charge in [0.2, 0.25) is 12.0 Å². The van der Waals surface area contributed by atoms with Gasteiger partial charge in [0, 0.05) is 18.3 Å². The SMILES string of the molecule is CNc1ccc(C2=C(F)C(F)C(N)(F)C(F)=C2)cc1. The van der Waals surface area contributed by atoms with E-state index in [2.05, 4.69) is 5.32 Å². The number of allylic oxidation sites excluding steroid dienone is 2. The van der Waals surface area contributed by atoms with Crippen LogP contribution in [0.5, 0.6) is 0 Å². The maximum atomic E-state index is 13.7. The summed E-state index contributed by atoms with van der Waals surface area (Å²) in [4.78, 5) is 0. The van der Waals surface area contributed by atoms with Crippen LogP contribution in [-0.4, -0.2) is 19.0 Å². The van der Waals surface area contributed by atoms with Gasteiger partial charge in [0.05, 0.1) is 0 Å². The molecule has 2 atom stereocenters. The standard InChI is InChI=1S/C13H12F4N2/c1-19-8-4-2-7(3-5-8)9-6-10(14)13(17,18)12(16)11(9)15/h2-6,12,19H,18H2,1H3. The number of rotatable bonds is 2. The van der Waals surface area contributed by atoms with Gasteiger partial charge in [-0.1, -0.05) is 12.1 Å². The highest BCUT2D eigenvalue weighted by molar-refractivity contribution is 5.79. The molecule has 0 aromatic heterocycles. The molecule has 19 heavy (non-hydrogen) atoms. The van der Waals surface area contributed by atoms with Crippen LogP contribution in [0.2, 0.25) is 0 Å². The molecule has 6 heteroatoms. The van der Waals surface area contributed by atoms with E-state index < -0.39 is 23.6 Å². The van der Waals surface area contributed by atoms with Gasteiger partial charge in [-0.05, 0) is 23.8 Å². The Balaban J connectivity index is 2.47. The van der Waals surface area contributed by atoms with Gasteiger partial charge < -0.3 is 5.32 Å². The second-order valence-corrected chi connectivity index (χ2v) is 4.21. The molecule has 102 valence electrons. The van der Waals surface area contributed by atoms with Crippen LogP contribution in [0.25, 0.3) is 5.57 Å². The Morgan fingerprint density at radius 3 is 2.32 bits per heavy atom. The van der Waals surface area contributed by atoms with Crippen molar-refractivity contribution in [3.05, 3.63) is 47.6 Å². The van der Waals surface area contributed by atoms with Crippen LogP contribution >= 0.6 is 0 Å². The minimum Gasteiger partial charge on any atom is -0.388 e. The smallest absolute Gasteiger partial charge is 0.248 e. The number of benzene rings is 1. The number of nitrogens with one attached hydrogen (secondary N) is 1. The summed E-state index contributed by atoms with van der Waals surface area (Å²) in [7, 11) is 1.69. The largest absolute Gasteiger partial charge is 0.388 e. The van der Waals surface area contributed by atoms with Gasteiger partial charge in [0.15, 0.2) is 5.83 Å². The molecule has 1 aliphatic carbocycles. The van der Waals surface area contributed by atoms with Gasteiger partial charge in [-0.3, -0.25) is 5.73 Å². The Labute approximate surface area is 107 Å². The highest BCUT2D eigenvalue weighted by atomic mass is 19.2. The molecular weight excluding hydrogens is 260 g/mol. The topological polar surface area (TPSA) is 38.0 Å². The van der Waals surface area contributed by atoms with Gasteiger partial charge in [0.25, 0.3) is 0 Å². The molecule has 0 radical (unpaired) electrons. The van der Waals surface area contributed by atoms with Crippen molar-refractivity contribution in [3.8, 4) is 0 Å². The molecule has 0 saturated heterocycles. The molecule has 0 spiro atoms. The third kappa shape index (κ3) is 2.23. The van der Waals surface area contributed by atoms with Crippen molar-refractivity contribution < 1.29 is 17.6 Å². The zero-order valence-electron chi connectivity index (χ0n) is 10.1. The molecule has 2 unspecified atom stereocenters. The number of hydrogen-bond donors (Lipinski definition) is 2. The number of alkyl halides is 2. The number of hydrogen-bond acceptors (Lipinski definition) is 2. The molecule has 1 aromatic rings. The molecular formula is C13H12F4N2. The Morgan fingerprint density at radius 2 is 1.79 bits per heavy atom. The number of nitrogens with two attached hydrogens (primary N) is 1. The molecule has 0 saturated carbocycles. The lowest BCUT2D eigenvalue weighted by atomic mass is 9.93.